The van der Waals surface area contributed by atoms with Crippen LogP contribution >= 0.6 is 0 Å². The van der Waals surface area contributed by atoms with Crippen molar-refractivity contribution >= 4 is 16.8 Å². The van der Waals surface area contributed by atoms with E-state index in [1.54, 1.807) is 0 Å². The third-order valence-corrected chi connectivity index (χ3v) is 2.32. The number of Topliss-reactive ketones (excluding diaryl/α,β-unsaturated/α-hetero) is 1. The minimum atomic E-state index is -0.124. The topological polar surface area (TPSA) is 39.4 Å². The molecule has 0 N–H and O–H groups in total. The predicted octanol–water partition coefficient (Wildman–Crippen LogP) is 2.95. The van der Waals surface area contributed by atoms with Crippen LogP contribution in [0.15, 0.2) is 22.6 Å². The number of aryl methyl sites for hydroxylation is 1. The van der Waals surface area contributed by atoms with Gasteiger partial charge in [0.25, 0.3) is 0 Å². The number of furan rings is 1. The normalized spacial score (nSPS) is 10.6. The maximum atomic E-state index is 11.3. The Morgan fingerprint density at radius 1 is 1.40 bits per heavy atom. The lowest BCUT2D eigenvalue weighted by Gasteiger charge is -1.97. The number of hydrogen-bond donors (Lipinski definition) is 0. The second-order valence-corrected chi connectivity index (χ2v) is 3.52. The molecule has 78 valence electrons. The Balaban J connectivity index is 2.78. The van der Waals surface area contributed by atoms with E-state index in [1.165, 1.54) is 14.0 Å². The number of carbonyl (C=O) groups excluding carboxylic acids is 1. The highest BCUT2D eigenvalue weighted by Crippen LogP contribution is 2.33. The van der Waals surface area contributed by atoms with Gasteiger partial charge in [-0.3, -0.25) is 4.79 Å². The molecule has 0 atom stereocenters. The van der Waals surface area contributed by atoms with Gasteiger partial charge >= 0.3 is 0 Å². The van der Waals surface area contributed by atoms with Gasteiger partial charge in [-0.1, -0.05) is 6.07 Å². The van der Waals surface area contributed by atoms with Gasteiger partial charge in [0.05, 0.1) is 12.5 Å². The van der Waals surface area contributed by atoms with Crippen molar-refractivity contribution in [3.8, 4) is 5.75 Å². The number of carbonyl (C=O) groups is 1. The Morgan fingerprint density at radius 3 is 2.73 bits per heavy atom. The van der Waals surface area contributed by atoms with Crippen LogP contribution in [0.25, 0.3) is 11.0 Å². The molecule has 0 fully saturated rings. The summed E-state index contributed by atoms with van der Waals surface area (Å²) in [5.41, 5.74) is 1.78. The lowest BCUT2D eigenvalue weighted by molar-refractivity contribution is 0.0985. The molecule has 2 aromatic rings. The summed E-state index contributed by atoms with van der Waals surface area (Å²) >= 11 is 0. The van der Waals surface area contributed by atoms with E-state index >= 15 is 0 Å². The summed E-state index contributed by atoms with van der Waals surface area (Å²) in [7, 11) is 1.54. The number of fused-ring (bicyclic) bond motifs is 1. The molecular formula is C12H12O3. The summed E-state index contributed by atoms with van der Waals surface area (Å²) in [6.07, 6.45) is 0. The zero-order valence-corrected chi connectivity index (χ0v) is 8.96. The second kappa shape index (κ2) is 3.42. The largest absolute Gasteiger partial charge is 0.492 e. The zero-order chi connectivity index (χ0) is 11.0. The maximum Gasteiger partial charge on any atom is 0.212 e. The number of ether oxygens (including phenoxy) is 1. The van der Waals surface area contributed by atoms with Crippen molar-refractivity contribution in [2.24, 2.45) is 0 Å². The molecule has 0 saturated heterocycles. The summed E-state index contributed by atoms with van der Waals surface area (Å²) in [5, 5.41) is 0.841. The van der Waals surface area contributed by atoms with Crippen LogP contribution in [0.2, 0.25) is 0 Å². The Labute approximate surface area is 87.6 Å². The first-order valence-electron chi connectivity index (χ1n) is 4.71. The van der Waals surface area contributed by atoms with Crippen molar-refractivity contribution in [1.29, 1.82) is 0 Å². The smallest absolute Gasteiger partial charge is 0.212 e. The Bertz CT molecular complexity index is 523. The van der Waals surface area contributed by atoms with Crippen LogP contribution in [0, 0.1) is 6.92 Å². The molecule has 1 heterocycles. The fraction of sp³-hybridized carbons (Fsp3) is 0.250. The summed E-state index contributed by atoms with van der Waals surface area (Å²) in [6.45, 7) is 3.44. The van der Waals surface area contributed by atoms with Gasteiger partial charge in [-0.05, 0) is 24.6 Å². The Morgan fingerprint density at radius 2 is 2.13 bits per heavy atom. The van der Waals surface area contributed by atoms with Gasteiger partial charge in [-0.2, -0.15) is 0 Å². The van der Waals surface area contributed by atoms with Crippen molar-refractivity contribution in [2.75, 3.05) is 7.11 Å². The van der Waals surface area contributed by atoms with Crippen molar-refractivity contribution in [3.05, 3.63) is 29.5 Å². The molecule has 0 spiro atoms. The molecule has 0 amide bonds. The first kappa shape index (κ1) is 9.77. The van der Waals surface area contributed by atoms with Gasteiger partial charge in [-0.15, -0.1) is 0 Å². The highest BCUT2D eigenvalue weighted by atomic mass is 16.5. The van der Waals surface area contributed by atoms with Crippen LogP contribution in [-0.2, 0) is 0 Å². The third kappa shape index (κ3) is 1.50. The van der Waals surface area contributed by atoms with E-state index < -0.39 is 0 Å². The van der Waals surface area contributed by atoms with Crippen LogP contribution in [0.1, 0.15) is 23.0 Å². The summed E-state index contributed by atoms with van der Waals surface area (Å²) in [5.74, 6) is 0.691. The minimum absolute atomic E-state index is 0.124. The van der Waals surface area contributed by atoms with Crippen LogP contribution in [0.4, 0.5) is 0 Å². The number of ketones is 1. The Hall–Kier alpha value is -1.77. The molecule has 0 aliphatic carbocycles. The molecule has 3 nitrogen and oxygen atoms in total. The van der Waals surface area contributed by atoms with Crippen LogP contribution in [0.5, 0.6) is 5.75 Å². The molecule has 1 aromatic carbocycles. The number of methoxy groups -OCH3 is 1. The van der Waals surface area contributed by atoms with Crippen LogP contribution in [0.3, 0.4) is 0 Å². The first-order valence-corrected chi connectivity index (χ1v) is 4.71. The average molecular weight is 204 g/mol. The summed E-state index contributed by atoms with van der Waals surface area (Å²) in [4.78, 5) is 11.3. The SMILES string of the molecule is COc1c(C(C)=O)oc2cc(C)ccc12. The highest BCUT2D eigenvalue weighted by molar-refractivity contribution is 6.01. The molecule has 0 unspecified atom stereocenters. The van der Waals surface area contributed by atoms with Gasteiger partial charge in [0, 0.05) is 6.92 Å². The van der Waals surface area contributed by atoms with Gasteiger partial charge in [-0.25, -0.2) is 0 Å². The predicted molar refractivity (Wildman–Crippen MR) is 57.5 cm³/mol. The molecule has 3 heteroatoms. The fourth-order valence-electron chi connectivity index (χ4n) is 1.61. The maximum absolute atomic E-state index is 11.3. The Kier molecular flexibility index (Phi) is 2.23. The number of rotatable bonds is 2. The fourth-order valence-corrected chi connectivity index (χ4v) is 1.61. The van der Waals surface area contributed by atoms with E-state index in [0.29, 0.717) is 11.3 Å². The van der Waals surface area contributed by atoms with Gasteiger partial charge < -0.3 is 9.15 Å². The van der Waals surface area contributed by atoms with E-state index in [2.05, 4.69) is 0 Å². The molecule has 15 heavy (non-hydrogen) atoms. The molecule has 0 aliphatic rings. The van der Waals surface area contributed by atoms with Gasteiger partial charge in [0.1, 0.15) is 5.58 Å². The van der Waals surface area contributed by atoms with Gasteiger partial charge in [0.2, 0.25) is 5.76 Å². The lowest BCUT2D eigenvalue weighted by Crippen LogP contribution is -1.92. The number of hydrogen-bond acceptors (Lipinski definition) is 3. The van der Waals surface area contributed by atoms with Crippen molar-refractivity contribution in [1.82, 2.24) is 0 Å². The average Bonchev–Trinajstić information content (AvgIpc) is 2.55. The summed E-state index contributed by atoms with van der Waals surface area (Å²) in [6, 6.07) is 5.76. The van der Waals surface area contributed by atoms with E-state index in [4.69, 9.17) is 9.15 Å². The monoisotopic (exact) mass is 204 g/mol. The van der Waals surface area contributed by atoms with Crippen molar-refractivity contribution in [3.63, 3.8) is 0 Å². The van der Waals surface area contributed by atoms with E-state index in [-0.39, 0.29) is 11.5 Å². The lowest BCUT2D eigenvalue weighted by atomic mass is 10.1. The quantitative estimate of drug-likeness (QED) is 0.706. The zero-order valence-electron chi connectivity index (χ0n) is 8.96. The first-order chi connectivity index (χ1) is 7.13. The highest BCUT2D eigenvalue weighted by Gasteiger charge is 2.17. The number of benzene rings is 1. The van der Waals surface area contributed by atoms with E-state index in [0.717, 1.165) is 10.9 Å². The molecule has 1 aromatic heterocycles. The second-order valence-electron chi connectivity index (χ2n) is 3.52. The van der Waals surface area contributed by atoms with Crippen molar-refractivity contribution in [2.45, 2.75) is 13.8 Å². The standard InChI is InChI=1S/C12H12O3/c1-7-4-5-9-10(6-7)15-11(8(2)13)12(9)14-3/h4-6H,1-3H3. The molecule has 2 rings (SSSR count). The minimum Gasteiger partial charge on any atom is -0.492 e. The van der Waals surface area contributed by atoms with Gasteiger partial charge in [0.15, 0.2) is 11.5 Å². The molecule has 0 bridgehead atoms. The molecule has 0 aliphatic heterocycles. The third-order valence-electron chi connectivity index (χ3n) is 2.32. The molecular weight excluding hydrogens is 192 g/mol. The van der Waals surface area contributed by atoms with Crippen molar-refractivity contribution < 1.29 is 13.9 Å². The summed E-state index contributed by atoms with van der Waals surface area (Å²) < 4.78 is 10.6. The molecule has 0 saturated carbocycles. The van der Waals surface area contributed by atoms with Crippen LogP contribution in [-0.4, -0.2) is 12.9 Å². The van der Waals surface area contributed by atoms with E-state index in [1.807, 2.05) is 25.1 Å². The van der Waals surface area contributed by atoms with E-state index in [9.17, 15) is 4.79 Å². The van der Waals surface area contributed by atoms with Crippen LogP contribution < -0.4 is 4.74 Å². The molecule has 0 radical (unpaired) electrons.